The lowest BCUT2D eigenvalue weighted by molar-refractivity contribution is 0.0882. The summed E-state index contributed by atoms with van der Waals surface area (Å²) in [4.78, 5) is 12.7. The average Bonchev–Trinajstić information content (AvgIpc) is 2.64. The van der Waals surface area contributed by atoms with Gasteiger partial charge in [-0.05, 0) is 60.3 Å². The van der Waals surface area contributed by atoms with Crippen LogP contribution in [0.5, 0.6) is 0 Å². The standard InChI is InChI=1S/C23H29NO/c1-16(2)21-10-9-17(3)22(15-21)24-23(25)20-13-11-19(12-14-20)18-7-5-4-6-8-18/h4-8,11-14,16-17,21-22H,9-10,15H2,1-3H3,(H,24,25)/t17-,21+,22+/m0/s1. The molecule has 0 radical (unpaired) electrons. The molecule has 0 aromatic heterocycles. The maximum absolute atomic E-state index is 12.7. The predicted molar refractivity (Wildman–Crippen MR) is 104 cm³/mol. The lowest BCUT2D eigenvalue weighted by atomic mass is 9.74. The first-order valence-electron chi connectivity index (χ1n) is 9.51. The normalized spacial score (nSPS) is 23.4. The third-order valence-electron chi connectivity index (χ3n) is 5.75. The van der Waals surface area contributed by atoms with E-state index in [9.17, 15) is 4.79 Å². The molecule has 1 amide bonds. The molecule has 0 bridgehead atoms. The van der Waals surface area contributed by atoms with Crippen LogP contribution in [0.1, 0.15) is 50.4 Å². The number of nitrogens with one attached hydrogen (secondary N) is 1. The summed E-state index contributed by atoms with van der Waals surface area (Å²) in [6, 6.07) is 18.5. The first-order valence-corrected chi connectivity index (χ1v) is 9.51. The van der Waals surface area contributed by atoms with Gasteiger partial charge < -0.3 is 5.32 Å². The van der Waals surface area contributed by atoms with Crippen LogP contribution in [0, 0.1) is 17.8 Å². The van der Waals surface area contributed by atoms with Gasteiger partial charge in [-0.2, -0.15) is 0 Å². The molecule has 0 unspecified atom stereocenters. The predicted octanol–water partition coefficient (Wildman–Crippen LogP) is 5.54. The van der Waals surface area contributed by atoms with Crippen molar-refractivity contribution in [1.29, 1.82) is 0 Å². The zero-order valence-electron chi connectivity index (χ0n) is 15.5. The summed E-state index contributed by atoms with van der Waals surface area (Å²) in [5, 5.41) is 3.29. The first kappa shape index (κ1) is 17.7. The largest absolute Gasteiger partial charge is 0.349 e. The van der Waals surface area contributed by atoms with E-state index in [-0.39, 0.29) is 5.91 Å². The fourth-order valence-corrected chi connectivity index (χ4v) is 3.86. The Morgan fingerprint density at radius 1 is 0.960 bits per heavy atom. The van der Waals surface area contributed by atoms with Crippen molar-refractivity contribution < 1.29 is 4.79 Å². The Balaban J connectivity index is 1.66. The fraction of sp³-hybridized carbons (Fsp3) is 0.435. The second-order valence-corrected chi connectivity index (χ2v) is 7.82. The zero-order chi connectivity index (χ0) is 17.8. The minimum absolute atomic E-state index is 0.0564. The molecule has 0 spiro atoms. The van der Waals surface area contributed by atoms with Crippen LogP contribution in [0.2, 0.25) is 0 Å². The van der Waals surface area contributed by atoms with Gasteiger partial charge in [0.1, 0.15) is 0 Å². The van der Waals surface area contributed by atoms with Gasteiger partial charge in [-0.25, -0.2) is 0 Å². The second kappa shape index (κ2) is 7.86. The first-order chi connectivity index (χ1) is 12.0. The van der Waals surface area contributed by atoms with Gasteiger partial charge in [-0.1, -0.05) is 63.2 Å². The van der Waals surface area contributed by atoms with E-state index in [1.165, 1.54) is 18.4 Å². The zero-order valence-corrected chi connectivity index (χ0v) is 15.5. The van der Waals surface area contributed by atoms with Crippen LogP contribution in [-0.4, -0.2) is 11.9 Å². The molecule has 2 heteroatoms. The number of carbonyl (C=O) groups excluding carboxylic acids is 1. The molecule has 1 saturated carbocycles. The molecule has 3 atom stereocenters. The highest BCUT2D eigenvalue weighted by molar-refractivity contribution is 5.94. The highest BCUT2D eigenvalue weighted by atomic mass is 16.1. The summed E-state index contributed by atoms with van der Waals surface area (Å²) in [5.41, 5.74) is 3.07. The molecule has 2 nitrogen and oxygen atoms in total. The Labute approximate surface area is 151 Å². The number of hydrogen-bond acceptors (Lipinski definition) is 1. The van der Waals surface area contributed by atoms with Crippen LogP contribution in [0.3, 0.4) is 0 Å². The van der Waals surface area contributed by atoms with Crippen LogP contribution in [-0.2, 0) is 0 Å². The molecule has 1 aliphatic carbocycles. The fourth-order valence-electron chi connectivity index (χ4n) is 3.86. The monoisotopic (exact) mass is 335 g/mol. The van der Waals surface area contributed by atoms with Crippen molar-refractivity contribution >= 4 is 5.91 Å². The molecule has 0 aliphatic heterocycles. The van der Waals surface area contributed by atoms with Gasteiger partial charge in [0.15, 0.2) is 0 Å². The van der Waals surface area contributed by atoms with E-state index < -0.39 is 0 Å². The molecule has 0 heterocycles. The number of benzene rings is 2. The minimum Gasteiger partial charge on any atom is -0.349 e. The van der Waals surface area contributed by atoms with E-state index in [0.717, 1.165) is 23.5 Å². The van der Waals surface area contributed by atoms with E-state index in [4.69, 9.17) is 0 Å². The van der Waals surface area contributed by atoms with Gasteiger partial charge in [0.2, 0.25) is 0 Å². The average molecular weight is 335 g/mol. The van der Waals surface area contributed by atoms with E-state index >= 15 is 0 Å². The number of hydrogen-bond donors (Lipinski definition) is 1. The minimum atomic E-state index is 0.0564. The maximum Gasteiger partial charge on any atom is 0.251 e. The van der Waals surface area contributed by atoms with Crippen molar-refractivity contribution in [2.24, 2.45) is 17.8 Å². The Morgan fingerprint density at radius 2 is 1.60 bits per heavy atom. The molecule has 1 fully saturated rings. The summed E-state index contributed by atoms with van der Waals surface area (Å²) < 4.78 is 0. The SMILES string of the molecule is CC(C)[C@@H]1CC[C@H](C)[C@H](NC(=O)c2ccc(-c3ccccc3)cc2)C1. The van der Waals surface area contributed by atoms with Crippen molar-refractivity contribution in [2.45, 2.75) is 46.1 Å². The summed E-state index contributed by atoms with van der Waals surface area (Å²) in [5.74, 6) is 2.03. The molecule has 0 saturated heterocycles. The Bertz CT molecular complexity index is 690. The van der Waals surface area contributed by atoms with Crippen molar-refractivity contribution in [3.63, 3.8) is 0 Å². The van der Waals surface area contributed by atoms with E-state index in [0.29, 0.717) is 17.9 Å². The molecule has 25 heavy (non-hydrogen) atoms. The third kappa shape index (κ3) is 4.31. The Kier molecular flexibility index (Phi) is 5.57. The van der Waals surface area contributed by atoms with Gasteiger partial charge >= 0.3 is 0 Å². The number of amides is 1. The van der Waals surface area contributed by atoms with E-state index in [1.807, 2.05) is 42.5 Å². The molecule has 1 N–H and O–H groups in total. The third-order valence-corrected chi connectivity index (χ3v) is 5.75. The van der Waals surface area contributed by atoms with Crippen molar-refractivity contribution in [3.05, 3.63) is 60.2 Å². The second-order valence-electron chi connectivity index (χ2n) is 7.82. The molecule has 3 rings (SSSR count). The van der Waals surface area contributed by atoms with Crippen LogP contribution < -0.4 is 5.32 Å². The molecule has 2 aromatic carbocycles. The van der Waals surface area contributed by atoms with Gasteiger partial charge in [-0.3, -0.25) is 4.79 Å². The summed E-state index contributed by atoms with van der Waals surface area (Å²) in [6.45, 7) is 6.85. The molecule has 132 valence electrons. The maximum atomic E-state index is 12.7. The molecular formula is C23H29NO. The highest BCUT2D eigenvalue weighted by Gasteiger charge is 2.30. The Morgan fingerprint density at radius 3 is 2.24 bits per heavy atom. The lowest BCUT2D eigenvalue weighted by Crippen LogP contribution is -2.44. The van der Waals surface area contributed by atoms with Crippen molar-refractivity contribution in [3.8, 4) is 11.1 Å². The van der Waals surface area contributed by atoms with E-state index in [1.54, 1.807) is 0 Å². The van der Waals surface area contributed by atoms with Gasteiger partial charge in [0, 0.05) is 11.6 Å². The lowest BCUT2D eigenvalue weighted by Gasteiger charge is -2.36. The van der Waals surface area contributed by atoms with Crippen LogP contribution >= 0.6 is 0 Å². The smallest absolute Gasteiger partial charge is 0.251 e. The highest BCUT2D eigenvalue weighted by Crippen LogP contribution is 2.33. The Hall–Kier alpha value is -2.09. The number of carbonyl (C=O) groups is 1. The van der Waals surface area contributed by atoms with Crippen molar-refractivity contribution in [1.82, 2.24) is 5.32 Å². The topological polar surface area (TPSA) is 29.1 Å². The summed E-state index contributed by atoms with van der Waals surface area (Å²) in [7, 11) is 0. The number of rotatable bonds is 4. The molecule has 1 aliphatic rings. The van der Waals surface area contributed by atoms with Crippen molar-refractivity contribution in [2.75, 3.05) is 0 Å². The molecular weight excluding hydrogens is 306 g/mol. The van der Waals surface area contributed by atoms with Crippen LogP contribution in [0.15, 0.2) is 54.6 Å². The van der Waals surface area contributed by atoms with Gasteiger partial charge in [0.05, 0.1) is 0 Å². The summed E-state index contributed by atoms with van der Waals surface area (Å²) in [6.07, 6.45) is 3.60. The quantitative estimate of drug-likeness (QED) is 0.780. The van der Waals surface area contributed by atoms with Crippen LogP contribution in [0.4, 0.5) is 0 Å². The van der Waals surface area contributed by atoms with Crippen LogP contribution in [0.25, 0.3) is 11.1 Å². The van der Waals surface area contributed by atoms with Gasteiger partial charge in [0.25, 0.3) is 5.91 Å². The van der Waals surface area contributed by atoms with Gasteiger partial charge in [-0.15, -0.1) is 0 Å². The van der Waals surface area contributed by atoms with E-state index in [2.05, 4.69) is 38.2 Å². The molecule has 2 aromatic rings. The summed E-state index contributed by atoms with van der Waals surface area (Å²) >= 11 is 0.